The van der Waals surface area contributed by atoms with E-state index in [0.29, 0.717) is 54.3 Å². The third-order valence-corrected chi connectivity index (χ3v) is 8.99. The molecule has 2 amide bonds. The van der Waals surface area contributed by atoms with Crippen molar-refractivity contribution in [2.45, 2.75) is 84.4 Å². The van der Waals surface area contributed by atoms with E-state index in [0.717, 1.165) is 6.20 Å². The molecule has 0 radical (unpaired) electrons. The van der Waals surface area contributed by atoms with Crippen LogP contribution in [0.4, 0.5) is 29.3 Å². The Hall–Kier alpha value is -4.62. The highest BCUT2D eigenvalue weighted by atomic mass is 19.3. The van der Waals surface area contributed by atoms with Crippen molar-refractivity contribution < 1.29 is 27.2 Å². The Morgan fingerprint density at radius 2 is 1.70 bits per heavy atom. The minimum Gasteiger partial charge on any atom is -0.338 e. The Bertz CT molecular complexity index is 1860. The van der Waals surface area contributed by atoms with Crippen molar-refractivity contribution in [1.82, 2.24) is 34.3 Å². The highest BCUT2D eigenvalue weighted by Crippen LogP contribution is 2.42. The number of aryl methyl sites for hydroxylation is 2. The summed E-state index contributed by atoms with van der Waals surface area (Å²) in [6, 6.07) is 5.41. The summed E-state index contributed by atoms with van der Waals surface area (Å²) in [5.74, 6) is -3.50. The summed E-state index contributed by atoms with van der Waals surface area (Å²) in [4.78, 5) is 46.1. The Morgan fingerprint density at radius 1 is 1.00 bits per heavy atom. The van der Waals surface area contributed by atoms with Gasteiger partial charge >= 0.3 is 0 Å². The van der Waals surface area contributed by atoms with Gasteiger partial charge in [-0.25, -0.2) is 37.5 Å². The third-order valence-electron chi connectivity index (χ3n) is 8.99. The molecule has 1 aliphatic carbocycles. The van der Waals surface area contributed by atoms with Crippen LogP contribution in [0, 0.1) is 25.5 Å². The maximum Gasteiger partial charge on any atom is 0.255 e. The van der Waals surface area contributed by atoms with Gasteiger partial charge in [0.15, 0.2) is 11.6 Å². The third kappa shape index (κ3) is 6.24. The minimum absolute atomic E-state index is 0.00510. The SMILES string of the molecule is CC(=O)N(C1CCN(C(=O)c2ccc(Nc3ncc(F)c(-c4cc(F)c5nc(C)n(C(C)C)c5c4)n3)nc2C)CC1)C1CC(F)(F)C1. The molecule has 10 nitrogen and oxygen atoms in total. The second-order valence-electron chi connectivity index (χ2n) is 12.7. The van der Waals surface area contributed by atoms with E-state index in [1.165, 1.54) is 13.0 Å². The molecule has 14 heteroatoms. The van der Waals surface area contributed by atoms with Gasteiger partial charge in [-0.15, -0.1) is 0 Å². The molecule has 1 N–H and O–H groups in total. The van der Waals surface area contributed by atoms with Gasteiger partial charge < -0.3 is 19.7 Å². The van der Waals surface area contributed by atoms with Crippen LogP contribution in [-0.2, 0) is 4.79 Å². The minimum atomic E-state index is -2.72. The number of alkyl halides is 2. The van der Waals surface area contributed by atoms with Crippen LogP contribution in [0.5, 0.6) is 0 Å². The number of nitrogens with one attached hydrogen (secondary N) is 1. The summed E-state index contributed by atoms with van der Waals surface area (Å²) in [6.07, 6.45) is 1.36. The van der Waals surface area contributed by atoms with Gasteiger partial charge in [0, 0.05) is 56.5 Å². The van der Waals surface area contributed by atoms with Gasteiger partial charge in [0.25, 0.3) is 11.8 Å². The van der Waals surface area contributed by atoms with Gasteiger partial charge in [-0.05, 0) is 64.8 Å². The zero-order chi connectivity index (χ0) is 33.8. The summed E-state index contributed by atoms with van der Waals surface area (Å²) in [7, 11) is 0. The lowest BCUT2D eigenvalue weighted by atomic mass is 9.84. The number of benzene rings is 1. The van der Waals surface area contributed by atoms with Crippen LogP contribution in [0.3, 0.4) is 0 Å². The van der Waals surface area contributed by atoms with Crippen LogP contribution >= 0.6 is 0 Å². The molecule has 0 spiro atoms. The lowest BCUT2D eigenvalue weighted by molar-refractivity contribution is -0.158. The standard InChI is InChI=1S/C33H36F4N8O2/c1-17(2)44-19(4)40-30-25(34)12-21(13-27(30)44)29-26(35)16-38-32(42-29)41-28-7-6-24(18(3)39-28)31(47)43-10-8-22(9-11-43)45(20(5)46)23-14-33(36,37)15-23/h6-7,12-13,16-17,22-23H,8-11,14-15H2,1-5H3,(H,38,39,41,42). The Morgan fingerprint density at radius 3 is 2.32 bits per heavy atom. The van der Waals surface area contributed by atoms with Crippen LogP contribution in [0.1, 0.15) is 74.4 Å². The largest absolute Gasteiger partial charge is 0.338 e. The fraction of sp³-hybridized carbons (Fsp3) is 0.455. The molecule has 0 bridgehead atoms. The number of amides is 2. The molecule has 1 aliphatic heterocycles. The van der Waals surface area contributed by atoms with Crippen molar-refractivity contribution in [3.8, 4) is 11.3 Å². The molecule has 4 heterocycles. The van der Waals surface area contributed by atoms with Crippen molar-refractivity contribution in [1.29, 1.82) is 0 Å². The number of piperidine rings is 1. The fourth-order valence-electron chi connectivity index (χ4n) is 6.81. The van der Waals surface area contributed by atoms with E-state index >= 15 is 4.39 Å². The number of hydrogen-bond donors (Lipinski definition) is 1. The van der Waals surface area contributed by atoms with Crippen LogP contribution in [0.2, 0.25) is 0 Å². The first kappa shape index (κ1) is 32.3. The topological polar surface area (TPSA) is 109 Å². The summed E-state index contributed by atoms with van der Waals surface area (Å²) >= 11 is 0. The zero-order valence-electron chi connectivity index (χ0n) is 26.8. The Labute approximate surface area is 269 Å². The molecule has 248 valence electrons. The predicted octanol–water partition coefficient (Wildman–Crippen LogP) is 6.36. The number of carbonyl (C=O) groups excluding carboxylic acids is 2. The number of halogens is 4. The number of imidazole rings is 1. The molecule has 2 fully saturated rings. The Balaban J connectivity index is 1.15. The number of anilines is 2. The van der Waals surface area contributed by atoms with E-state index in [4.69, 9.17) is 0 Å². The lowest BCUT2D eigenvalue weighted by Crippen LogP contribution is -2.58. The highest BCUT2D eigenvalue weighted by Gasteiger charge is 2.50. The van der Waals surface area contributed by atoms with E-state index in [-0.39, 0.29) is 59.5 Å². The number of fused-ring (bicyclic) bond motifs is 1. The summed E-state index contributed by atoms with van der Waals surface area (Å²) in [5.41, 5.74) is 1.69. The number of hydrogen-bond acceptors (Lipinski definition) is 7. The second kappa shape index (κ2) is 12.2. The lowest BCUT2D eigenvalue weighted by Gasteiger charge is -2.47. The molecule has 47 heavy (non-hydrogen) atoms. The van der Waals surface area contributed by atoms with Crippen molar-refractivity contribution in [2.24, 2.45) is 0 Å². The monoisotopic (exact) mass is 652 g/mol. The molecule has 2 aliphatic rings. The molecule has 0 atom stereocenters. The van der Waals surface area contributed by atoms with Crippen molar-refractivity contribution >= 4 is 34.6 Å². The van der Waals surface area contributed by atoms with E-state index in [1.54, 1.807) is 41.8 Å². The van der Waals surface area contributed by atoms with E-state index in [9.17, 15) is 22.8 Å². The van der Waals surface area contributed by atoms with Crippen molar-refractivity contribution in [3.63, 3.8) is 0 Å². The van der Waals surface area contributed by atoms with Gasteiger partial charge in [-0.2, -0.15) is 0 Å². The number of rotatable bonds is 7. The maximum atomic E-state index is 15.1. The summed E-state index contributed by atoms with van der Waals surface area (Å²) in [6.45, 7) is 9.55. The van der Waals surface area contributed by atoms with Crippen molar-refractivity contribution in [3.05, 3.63) is 59.2 Å². The van der Waals surface area contributed by atoms with Gasteiger partial charge in [0.2, 0.25) is 11.9 Å². The van der Waals surface area contributed by atoms with Gasteiger partial charge in [0.05, 0.1) is 23.0 Å². The molecule has 6 rings (SSSR count). The van der Waals surface area contributed by atoms with Crippen LogP contribution < -0.4 is 5.32 Å². The first-order chi connectivity index (χ1) is 22.2. The van der Waals surface area contributed by atoms with Gasteiger partial charge in [-0.3, -0.25) is 9.59 Å². The van der Waals surface area contributed by atoms with Crippen LogP contribution in [-0.4, -0.2) is 77.2 Å². The molecule has 1 saturated heterocycles. The smallest absolute Gasteiger partial charge is 0.255 e. The van der Waals surface area contributed by atoms with Crippen molar-refractivity contribution in [2.75, 3.05) is 18.4 Å². The summed E-state index contributed by atoms with van der Waals surface area (Å²) < 4.78 is 58.9. The molecule has 4 aromatic rings. The first-order valence-corrected chi connectivity index (χ1v) is 15.6. The van der Waals surface area contributed by atoms with E-state index < -0.39 is 23.6 Å². The highest BCUT2D eigenvalue weighted by molar-refractivity contribution is 5.95. The maximum absolute atomic E-state index is 15.1. The predicted molar refractivity (Wildman–Crippen MR) is 167 cm³/mol. The fourth-order valence-corrected chi connectivity index (χ4v) is 6.81. The molecule has 1 saturated carbocycles. The second-order valence-corrected chi connectivity index (χ2v) is 12.7. The van der Waals surface area contributed by atoms with Crippen LogP contribution in [0.25, 0.3) is 22.3 Å². The number of pyridine rings is 1. The van der Waals surface area contributed by atoms with Gasteiger partial charge in [-0.1, -0.05) is 0 Å². The number of likely N-dealkylation sites (tertiary alicyclic amines) is 1. The zero-order valence-corrected chi connectivity index (χ0v) is 26.8. The number of aromatic nitrogens is 5. The number of carbonyl (C=O) groups is 2. The molecular formula is C33H36F4N8O2. The number of nitrogens with zero attached hydrogens (tertiary/aromatic N) is 7. The average molecular weight is 653 g/mol. The quantitative estimate of drug-likeness (QED) is 0.232. The molecule has 1 aromatic carbocycles. The average Bonchev–Trinajstić information content (AvgIpc) is 3.34. The van der Waals surface area contributed by atoms with E-state index in [1.807, 2.05) is 18.4 Å². The molecule has 3 aromatic heterocycles. The Kier molecular flexibility index (Phi) is 8.39. The molecular weight excluding hydrogens is 616 g/mol. The van der Waals surface area contributed by atoms with Gasteiger partial charge in [0.1, 0.15) is 22.9 Å². The van der Waals surface area contributed by atoms with Crippen LogP contribution in [0.15, 0.2) is 30.5 Å². The normalized spacial score (nSPS) is 16.9. The summed E-state index contributed by atoms with van der Waals surface area (Å²) in [5, 5.41) is 2.94. The first-order valence-electron chi connectivity index (χ1n) is 15.6. The molecule has 0 unspecified atom stereocenters. The van der Waals surface area contributed by atoms with E-state index in [2.05, 4.69) is 25.3 Å².